The number of hydrogen-bond donors (Lipinski definition) is 4. The second kappa shape index (κ2) is 7.31. The van der Waals surface area contributed by atoms with Gasteiger partial charge in [-0.3, -0.25) is 20.4 Å². The Morgan fingerprint density at radius 3 is 2.45 bits per heavy atom. The fraction of sp³-hybridized carbons (Fsp3) is 0.143. The van der Waals surface area contributed by atoms with E-state index in [4.69, 9.17) is 23.2 Å². The molecule has 1 unspecified atom stereocenters. The number of amides is 2. The van der Waals surface area contributed by atoms with E-state index in [0.29, 0.717) is 21.3 Å². The highest BCUT2D eigenvalue weighted by atomic mass is 35.5. The van der Waals surface area contributed by atoms with Crippen LogP contribution in [0.1, 0.15) is 28.6 Å². The smallest absolute Gasteiger partial charge is 0.286 e. The van der Waals surface area contributed by atoms with Crippen molar-refractivity contribution in [1.29, 1.82) is 0 Å². The Balaban J connectivity index is 1.87. The van der Waals surface area contributed by atoms with Crippen LogP contribution in [0.3, 0.4) is 0 Å². The van der Waals surface area contributed by atoms with Crippen LogP contribution in [0.25, 0.3) is 0 Å². The van der Waals surface area contributed by atoms with Crippen molar-refractivity contribution < 1.29 is 14.7 Å². The van der Waals surface area contributed by atoms with Gasteiger partial charge < -0.3 is 10.1 Å². The topological polar surface area (TPSA) is 94.2 Å². The fourth-order valence-corrected chi connectivity index (χ4v) is 2.32. The molecule has 1 aromatic heterocycles. The van der Waals surface area contributed by atoms with E-state index in [1.807, 2.05) is 0 Å². The van der Waals surface area contributed by atoms with Gasteiger partial charge in [0.25, 0.3) is 5.91 Å². The van der Waals surface area contributed by atoms with Crippen LogP contribution in [0.2, 0.25) is 10.0 Å². The van der Waals surface area contributed by atoms with Gasteiger partial charge in [0.15, 0.2) is 0 Å². The number of benzene rings is 1. The molecule has 0 radical (unpaired) electrons. The Hall–Kier alpha value is -2.02. The molecular weight excluding hydrogens is 329 g/mol. The minimum atomic E-state index is -1.08. The molecule has 1 aromatic carbocycles. The Labute approximate surface area is 136 Å². The number of nitrogens with one attached hydrogen (secondary N) is 3. The molecule has 0 aliphatic carbocycles. The van der Waals surface area contributed by atoms with Crippen LogP contribution >= 0.6 is 23.2 Å². The molecule has 0 aliphatic rings. The number of carbonyl (C=O) groups excluding carboxylic acids is 2. The number of halogens is 2. The van der Waals surface area contributed by atoms with E-state index in [2.05, 4.69) is 15.8 Å². The van der Waals surface area contributed by atoms with Crippen LogP contribution in [-0.4, -0.2) is 21.9 Å². The van der Waals surface area contributed by atoms with Crippen LogP contribution in [0, 0.1) is 0 Å². The van der Waals surface area contributed by atoms with Crippen LogP contribution in [-0.2, 0) is 4.79 Å². The molecule has 0 spiro atoms. The maximum atomic E-state index is 11.7. The fourth-order valence-electron chi connectivity index (χ4n) is 1.78. The van der Waals surface area contributed by atoms with Gasteiger partial charge in [0.2, 0.25) is 5.91 Å². The number of rotatable bonds is 4. The van der Waals surface area contributed by atoms with Crippen molar-refractivity contribution >= 4 is 35.0 Å². The maximum absolute atomic E-state index is 11.7. The summed E-state index contributed by atoms with van der Waals surface area (Å²) in [6, 6.07) is 7.77. The van der Waals surface area contributed by atoms with E-state index in [0.717, 1.165) is 0 Å². The lowest BCUT2D eigenvalue weighted by molar-refractivity contribution is -0.123. The zero-order chi connectivity index (χ0) is 16.1. The quantitative estimate of drug-likeness (QED) is 0.642. The molecule has 8 heteroatoms. The van der Waals surface area contributed by atoms with Crippen molar-refractivity contribution in [3.63, 3.8) is 0 Å². The number of aromatic nitrogens is 1. The van der Waals surface area contributed by atoms with Crippen molar-refractivity contribution in [2.24, 2.45) is 0 Å². The van der Waals surface area contributed by atoms with Gasteiger partial charge in [0, 0.05) is 16.2 Å². The molecule has 22 heavy (non-hydrogen) atoms. The van der Waals surface area contributed by atoms with E-state index >= 15 is 0 Å². The van der Waals surface area contributed by atoms with E-state index < -0.39 is 17.9 Å². The molecule has 0 saturated carbocycles. The lowest BCUT2D eigenvalue weighted by Gasteiger charge is -2.12. The Morgan fingerprint density at radius 1 is 1.18 bits per heavy atom. The molecule has 1 heterocycles. The summed E-state index contributed by atoms with van der Waals surface area (Å²) in [5, 5.41) is 10.7. The summed E-state index contributed by atoms with van der Waals surface area (Å²) in [6.45, 7) is 0. The van der Waals surface area contributed by atoms with Crippen LogP contribution in [0.5, 0.6) is 0 Å². The van der Waals surface area contributed by atoms with Gasteiger partial charge in [0.05, 0.1) is 12.5 Å². The minimum Gasteiger partial charge on any atom is -0.388 e. The molecule has 116 valence electrons. The lowest BCUT2D eigenvalue weighted by atomic mass is 10.1. The maximum Gasteiger partial charge on any atom is 0.286 e. The van der Waals surface area contributed by atoms with Gasteiger partial charge in [-0.05, 0) is 35.9 Å². The monoisotopic (exact) mass is 341 g/mol. The van der Waals surface area contributed by atoms with Crippen molar-refractivity contribution in [2.45, 2.75) is 12.5 Å². The Kier molecular flexibility index (Phi) is 5.43. The van der Waals surface area contributed by atoms with Gasteiger partial charge in [-0.2, -0.15) is 0 Å². The third-order valence-electron chi connectivity index (χ3n) is 2.81. The molecule has 6 nitrogen and oxygen atoms in total. The summed E-state index contributed by atoms with van der Waals surface area (Å²) in [7, 11) is 0. The zero-order valence-corrected chi connectivity index (χ0v) is 12.8. The number of hydrazine groups is 1. The van der Waals surface area contributed by atoms with Gasteiger partial charge >= 0.3 is 0 Å². The molecular formula is C14H13Cl2N3O3. The number of H-pyrrole nitrogens is 1. The van der Waals surface area contributed by atoms with E-state index in [1.165, 1.54) is 18.2 Å². The Bertz CT molecular complexity index is 654. The third kappa shape index (κ3) is 4.49. The first-order chi connectivity index (χ1) is 10.5. The number of aromatic amines is 1. The van der Waals surface area contributed by atoms with Crippen molar-refractivity contribution in [2.75, 3.05) is 0 Å². The molecule has 2 aromatic rings. The van der Waals surface area contributed by atoms with Crippen LogP contribution in [0.4, 0.5) is 0 Å². The summed E-state index contributed by atoms with van der Waals surface area (Å²) >= 11 is 11.7. The van der Waals surface area contributed by atoms with Crippen molar-refractivity contribution in [3.05, 3.63) is 57.8 Å². The third-order valence-corrected chi connectivity index (χ3v) is 3.24. The van der Waals surface area contributed by atoms with Crippen LogP contribution in [0.15, 0.2) is 36.5 Å². The summed E-state index contributed by atoms with van der Waals surface area (Å²) in [5.74, 6) is -1.04. The van der Waals surface area contributed by atoms with E-state index in [1.54, 1.807) is 18.3 Å². The summed E-state index contributed by atoms with van der Waals surface area (Å²) in [6.07, 6.45) is 0.254. The summed E-state index contributed by atoms with van der Waals surface area (Å²) < 4.78 is 0. The predicted octanol–water partition coefficient (Wildman–Crippen LogP) is 2.21. The standard InChI is InChI=1S/C14H13Cl2N3O3/c15-9-4-8(5-10(16)6-9)12(20)7-13(21)18-19-14(22)11-2-1-3-17-11/h1-6,12,17,20H,7H2,(H,18,21)(H,19,22). The number of aliphatic hydroxyl groups excluding tert-OH is 1. The summed E-state index contributed by atoms with van der Waals surface area (Å²) in [5.41, 5.74) is 5.18. The molecule has 1 atom stereocenters. The van der Waals surface area contributed by atoms with Crippen molar-refractivity contribution in [1.82, 2.24) is 15.8 Å². The highest BCUT2D eigenvalue weighted by Gasteiger charge is 2.15. The molecule has 2 amide bonds. The molecule has 0 aliphatic heterocycles. The second-order valence-corrected chi connectivity index (χ2v) is 5.38. The minimum absolute atomic E-state index is 0.248. The number of aliphatic hydroxyl groups is 1. The number of hydrogen-bond acceptors (Lipinski definition) is 3. The largest absolute Gasteiger partial charge is 0.388 e. The van der Waals surface area contributed by atoms with E-state index in [9.17, 15) is 14.7 Å². The lowest BCUT2D eigenvalue weighted by Crippen LogP contribution is -2.42. The highest BCUT2D eigenvalue weighted by Crippen LogP contribution is 2.25. The van der Waals surface area contributed by atoms with Crippen molar-refractivity contribution in [3.8, 4) is 0 Å². The molecule has 2 rings (SSSR count). The molecule has 4 N–H and O–H groups in total. The number of carbonyl (C=O) groups is 2. The SMILES string of the molecule is O=C(CC(O)c1cc(Cl)cc(Cl)c1)NNC(=O)c1ccc[nH]1. The zero-order valence-electron chi connectivity index (χ0n) is 11.3. The molecule has 0 fully saturated rings. The first-order valence-corrected chi connectivity index (χ1v) is 7.08. The van der Waals surface area contributed by atoms with Gasteiger partial charge in [-0.25, -0.2) is 0 Å². The Morgan fingerprint density at radius 2 is 1.86 bits per heavy atom. The molecule has 0 bridgehead atoms. The van der Waals surface area contributed by atoms with Gasteiger partial charge in [-0.1, -0.05) is 23.2 Å². The normalized spacial score (nSPS) is 11.8. The first-order valence-electron chi connectivity index (χ1n) is 6.32. The summed E-state index contributed by atoms with van der Waals surface area (Å²) in [4.78, 5) is 26.0. The molecule has 0 saturated heterocycles. The second-order valence-electron chi connectivity index (χ2n) is 4.51. The average Bonchev–Trinajstić information content (AvgIpc) is 2.98. The van der Waals surface area contributed by atoms with Gasteiger partial charge in [-0.15, -0.1) is 0 Å². The van der Waals surface area contributed by atoms with E-state index in [-0.39, 0.29) is 6.42 Å². The average molecular weight is 342 g/mol. The van der Waals surface area contributed by atoms with Crippen LogP contribution < -0.4 is 10.9 Å². The van der Waals surface area contributed by atoms with Gasteiger partial charge in [0.1, 0.15) is 5.69 Å². The highest BCUT2D eigenvalue weighted by molar-refractivity contribution is 6.34. The first kappa shape index (κ1) is 16.4. The predicted molar refractivity (Wildman–Crippen MR) is 82.4 cm³/mol.